The average molecular weight is 568 g/mol. The molecule has 0 unspecified atom stereocenters. The molecule has 9 aromatic rings. The van der Waals surface area contributed by atoms with Crippen LogP contribution >= 0.6 is 0 Å². The molecule has 208 valence electrons. The number of ether oxygens (including phenoxy) is 1. The minimum Gasteiger partial charge on any atom is -0.457 e. The second-order valence-corrected chi connectivity index (χ2v) is 10.8. The zero-order valence-corrected chi connectivity index (χ0v) is 23.6. The first-order chi connectivity index (χ1) is 21.8. The van der Waals surface area contributed by atoms with Gasteiger partial charge in [0.25, 0.3) is 0 Å². The fourth-order valence-corrected chi connectivity index (χ4v) is 6.28. The molecule has 0 bridgehead atoms. The molecule has 0 fully saturated rings. The van der Waals surface area contributed by atoms with E-state index in [1.54, 1.807) is 0 Å². The molecule has 0 aliphatic carbocycles. The molecule has 0 aliphatic heterocycles. The Kier molecular flexibility index (Phi) is 5.40. The van der Waals surface area contributed by atoms with E-state index in [9.17, 15) is 0 Å². The summed E-state index contributed by atoms with van der Waals surface area (Å²) in [4.78, 5) is 4.65. The van der Waals surface area contributed by atoms with Gasteiger partial charge in [-0.1, -0.05) is 66.7 Å². The van der Waals surface area contributed by atoms with Gasteiger partial charge >= 0.3 is 0 Å². The molecule has 5 aromatic carbocycles. The van der Waals surface area contributed by atoms with Gasteiger partial charge in [-0.15, -0.1) is 0 Å². The summed E-state index contributed by atoms with van der Waals surface area (Å²) in [5, 5.41) is 8.50. The van der Waals surface area contributed by atoms with Crippen LogP contribution in [0.25, 0.3) is 60.9 Å². The predicted molar refractivity (Wildman–Crippen MR) is 177 cm³/mol. The molecule has 0 saturated heterocycles. The van der Waals surface area contributed by atoms with Gasteiger partial charge in [-0.05, 0) is 60.7 Å². The average Bonchev–Trinajstić information content (AvgIpc) is 3.74. The van der Waals surface area contributed by atoms with E-state index >= 15 is 0 Å². The lowest BCUT2D eigenvalue weighted by Gasteiger charge is -2.10. The van der Waals surface area contributed by atoms with Crippen molar-refractivity contribution in [3.63, 3.8) is 0 Å². The van der Waals surface area contributed by atoms with Gasteiger partial charge < -0.3 is 9.30 Å². The highest BCUT2D eigenvalue weighted by atomic mass is 16.5. The maximum absolute atomic E-state index is 6.47. The van der Waals surface area contributed by atoms with Gasteiger partial charge in [-0.2, -0.15) is 5.10 Å². The first kappa shape index (κ1) is 24.5. The number of aromatic nitrogens is 5. The molecule has 44 heavy (non-hydrogen) atoms. The van der Waals surface area contributed by atoms with Crippen molar-refractivity contribution in [2.45, 2.75) is 0 Å². The minimum absolute atomic E-state index is 0.735. The van der Waals surface area contributed by atoms with Crippen LogP contribution in [0.1, 0.15) is 0 Å². The smallest absolute Gasteiger partial charge is 0.137 e. The van der Waals surface area contributed by atoms with Crippen molar-refractivity contribution in [1.82, 2.24) is 23.9 Å². The molecule has 4 heterocycles. The van der Waals surface area contributed by atoms with E-state index < -0.39 is 0 Å². The highest BCUT2D eigenvalue weighted by molar-refractivity contribution is 6.09. The van der Waals surface area contributed by atoms with Gasteiger partial charge in [0, 0.05) is 40.2 Å². The Bertz CT molecular complexity index is 2470. The summed E-state index contributed by atoms with van der Waals surface area (Å²) in [5.41, 5.74) is 7.33. The molecule has 0 radical (unpaired) electrons. The number of hydrogen-bond acceptors (Lipinski definition) is 3. The Labute approximate surface area is 252 Å². The van der Waals surface area contributed by atoms with Crippen molar-refractivity contribution in [3.8, 4) is 28.7 Å². The molecule has 9 rings (SSSR count). The summed E-state index contributed by atoms with van der Waals surface area (Å²) in [6.07, 6.45) is 3.92. The second-order valence-electron chi connectivity index (χ2n) is 10.8. The highest BCUT2D eigenvalue weighted by Gasteiger charge is 2.17. The molecular weight excluding hydrogens is 542 g/mol. The number of para-hydroxylation sites is 3. The lowest BCUT2D eigenvalue weighted by atomic mass is 10.1. The molecule has 0 N–H and O–H groups in total. The predicted octanol–water partition coefficient (Wildman–Crippen LogP) is 9.25. The fourth-order valence-electron chi connectivity index (χ4n) is 6.28. The van der Waals surface area contributed by atoms with E-state index in [1.807, 2.05) is 59.4 Å². The number of nitrogens with zero attached hydrogens (tertiary/aromatic N) is 5. The van der Waals surface area contributed by atoms with Gasteiger partial charge in [-0.25, -0.2) is 9.67 Å². The maximum Gasteiger partial charge on any atom is 0.137 e. The van der Waals surface area contributed by atoms with Crippen LogP contribution in [0.4, 0.5) is 0 Å². The quantitative estimate of drug-likeness (QED) is 0.208. The molecular formula is C38H25N5O. The van der Waals surface area contributed by atoms with Crippen molar-refractivity contribution in [2.75, 3.05) is 0 Å². The topological polar surface area (TPSA) is 49.8 Å². The Hall–Kier alpha value is -6.14. The standard InChI is InChI=1S/C38H25N5O/c1-2-11-26(12-3-1)42-34-18-7-5-16-32(34)38-36(42)25-41(40-38)27-13-10-14-28(23-27)44-29-20-21-31-30-15-4-6-17-33(30)43(35(31)24-29)37-19-8-9-22-39-37/h1-25H. The van der Waals surface area contributed by atoms with Gasteiger partial charge in [0.15, 0.2) is 0 Å². The number of benzene rings is 5. The van der Waals surface area contributed by atoms with E-state index in [0.29, 0.717) is 0 Å². The van der Waals surface area contributed by atoms with Crippen molar-refractivity contribution >= 4 is 43.7 Å². The minimum atomic E-state index is 0.735. The summed E-state index contributed by atoms with van der Waals surface area (Å²) in [6, 6.07) is 47.5. The zero-order valence-electron chi connectivity index (χ0n) is 23.6. The van der Waals surface area contributed by atoms with Crippen molar-refractivity contribution in [3.05, 3.63) is 152 Å². The molecule has 0 spiro atoms. The number of fused-ring (bicyclic) bond motifs is 6. The molecule has 6 heteroatoms. The number of pyridine rings is 1. The number of rotatable bonds is 5. The van der Waals surface area contributed by atoms with E-state index in [2.05, 4.69) is 111 Å². The molecule has 0 aliphatic rings. The van der Waals surface area contributed by atoms with E-state index in [0.717, 1.165) is 67.0 Å². The summed E-state index contributed by atoms with van der Waals surface area (Å²) in [5.74, 6) is 2.36. The van der Waals surface area contributed by atoms with E-state index in [-0.39, 0.29) is 0 Å². The normalized spacial score (nSPS) is 11.6. The fraction of sp³-hybridized carbons (Fsp3) is 0. The summed E-state index contributed by atoms with van der Waals surface area (Å²) in [7, 11) is 0. The van der Waals surface area contributed by atoms with Crippen LogP contribution in [0.15, 0.2) is 152 Å². The van der Waals surface area contributed by atoms with Gasteiger partial charge in [0.1, 0.15) is 22.8 Å². The Morgan fingerprint density at radius 3 is 2.02 bits per heavy atom. The Balaban J connectivity index is 1.13. The summed E-state index contributed by atoms with van der Waals surface area (Å²) >= 11 is 0. The molecule has 4 aromatic heterocycles. The van der Waals surface area contributed by atoms with Crippen LogP contribution in [0.5, 0.6) is 11.5 Å². The summed E-state index contributed by atoms with van der Waals surface area (Å²) in [6.45, 7) is 0. The van der Waals surface area contributed by atoms with Crippen LogP contribution < -0.4 is 4.74 Å². The van der Waals surface area contributed by atoms with Gasteiger partial charge in [-0.3, -0.25) is 4.57 Å². The second kappa shape index (κ2) is 9.71. The van der Waals surface area contributed by atoms with Gasteiger partial charge in [0.05, 0.1) is 34.0 Å². The SMILES string of the molecule is c1ccc(-n2c3ccccc3c3nn(-c4cccc(Oc5ccc6c7ccccc7n(-c7ccccn7)c6c5)c4)cc32)cc1. The monoisotopic (exact) mass is 567 g/mol. The molecule has 6 nitrogen and oxygen atoms in total. The third-order valence-electron chi connectivity index (χ3n) is 8.19. The third kappa shape index (κ3) is 3.82. The first-order valence-corrected chi connectivity index (χ1v) is 14.6. The van der Waals surface area contributed by atoms with Gasteiger partial charge in [0.2, 0.25) is 0 Å². The molecule has 0 amide bonds. The van der Waals surface area contributed by atoms with Crippen LogP contribution in [-0.2, 0) is 0 Å². The Morgan fingerprint density at radius 2 is 1.18 bits per heavy atom. The largest absolute Gasteiger partial charge is 0.457 e. The van der Waals surface area contributed by atoms with Crippen LogP contribution in [0.2, 0.25) is 0 Å². The first-order valence-electron chi connectivity index (χ1n) is 14.6. The Morgan fingerprint density at radius 1 is 0.477 bits per heavy atom. The maximum atomic E-state index is 6.47. The van der Waals surface area contributed by atoms with Crippen LogP contribution in [0, 0.1) is 0 Å². The van der Waals surface area contributed by atoms with E-state index in [4.69, 9.17) is 9.84 Å². The van der Waals surface area contributed by atoms with Crippen molar-refractivity contribution < 1.29 is 4.74 Å². The van der Waals surface area contributed by atoms with Crippen LogP contribution in [-0.4, -0.2) is 23.9 Å². The van der Waals surface area contributed by atoms with Crippen molar-refractivity contribution in [1.29, 1.82) is 0 Å². The lowest BCUT2D eigenvalue weighted by Crippen LogP contribution is -1.97. The highest BCUT2D eigenvalue weighted by Crippen LogP contribution is 2.36. The lowest BCUT2D eigenvalue weighted by molar-refractivity contribution is 0.483. The number of hydrogen-bond donors (Lipinski definition) is 0. The van der Waals surface area contributed by atoms with Crippen LogP contribution in [0.3, 0.4) is 0 Å². The third-order valence-corrected chi connectivity index (χ3v) is 8.19. The van der Waals surface area contributed by atoms with E-state index in [1.165, 1.54) is 5.39 Å². The summed E-state index contributed by atoms with van der Waals surface area (Å²) < 4.78 is 12.9. The molecule has 0 saturated carbocycles. The van der Waals surface area contributed by atoms with Crippen molar-refractivity contribution in [2.24, 2.45) is 0 Å². The molecule has 0 atom stereocenters. The zero-order chi connectivity index (χ0) is 29.0.